The van der Waals surface area contributed by atoms with Gasteiger partial charge in [-0.2, -0.15) is 0 Å². The van der Waals surface area contributed by atoms with Crippen LogP contribution in [0.2, 0.25) is 5.02 Å². The SMILES string of the molecule is COc1ccc(C[C@H]2NC(=O)/C=C/C[C@@H](C(C)[C@H]3O[C@@H]3c3ccc(CNC(=O)C(C)NC(=O)C(NC(=O)O)C(C)C)cc3)OC(=O)[C@H](CC(C)(C)C)NC(=O)C(C)(C)C(C)NC2=O)cc1Cl. The quantitative estimate of drug-likeness (QED) is 0.0994. The molecule has 0 radical (unpaired) electrons. The first kappa shape index (κ1) is 52.9. The predicted octanol–water partition coefficient (Wildman–Crippen LogP) is 4.89. The van der Waals surface area contributed by atoms with Gasteiger partial charge in [-0.05, 0) is 80.3 Å². The number of hydrogen-bond acceptors (Lipinski definition) is 10. The molecular weight excluding hydrogens is 872 g/mol. The van der Waals surface area contributed by atoms with Crippen molar-refractivity contribution in [3.63, 3.8) is 0 Å². The van der Waals surface area contributed by atoms with Crippen LogP contribution in [0.5, 0.6) is 5.75 Å². The summed E-state index contributed by atoms with van der Waals surface area (Å²) in [6.45, 7) is 17.8. The summed E-state index contributed by atoms with van der Waals surface area (Å²) in [5.41, 5.74) is 0.678. The molecule has 2 heterocycles. The van der Waals surface area contributed by atoms with Gasteiger partial charge in [0.05, 0.1) is 23.7 Å². The number of amides is 6. The molecule has 6 amide bonds. The molecule has 2 aliphatic rings. The Hall–Kier alpha value is -5.68. The molecule has 1 saturated heterocycles. The topological polar surface area (TPSA) is 243 Å². The lowest BCUT2D eigenvalue weighted by atomic mass is 9.82. The number of rotatable bonds is 14. The number of cyclic esters (lactones) is 1. The number of benzene rings is 2. The fourth-order valence-corrected chi connectivity index (χ4v) is 7.74. The van der Waals surface area contributed by atoms with Crippen LogP contribution in [0.1, 0.15) is 105 Å². The van der Waals surface area contributed by atoms with Crippen LogP contribution in [0, 0.1) is 22.7 Å². The number of carboxylic acid groups (broad SMARTS) is 1. The predicted molar refractivity (Wildman–Crippen MR) is 247 cm³/mol. The second-order valence-electron chi connectivity index (χ2n) is 19.3. The maximum Gasteiger partial charge on any atom is 0.405 e. The molecule has 0 spiro atoms. The second-order valence-corrected chi connectivity index (χ2v) is 19.7. The third-order valence-electron chi connectivity index (χ3n) is 12.0. The molecule has 0 bridgehead atoms. The highest BCUT2D eigenvalue weighted by Crippen LogP contribution is 2.45. The second kappa shape index (κ2) is 22.7. The molecule has 0 aliphatic carbocycles. The van der Waals surface area contributed by atoms with Crippen molar-refractivity contribution in [1.82, 2.24) is 31.9 Å². The number of esters is 1. The van der Waals surface area contributed by atoms with Crippen LogP contribution < -0.4 is 36.6 Å². The first-order valence-electron chi connectivity index (χ1n) is 22.2. The summed E-state index contributed by atoms with van der Waals surface area (Å²) in [4.78, 5) is 92.1. The van der Waals surface area contributed by atoms with E-state index in [4.69, 9.17) is 30.9 Å². The van der Waals surface area contributed by atoms with Crippen LogP contribution in [-0.2, 0) is 51.2 Å². The minimum atomic E-state index is -1.34. The summed E-state index contributed by atoms with van der Waals surface area (Å²) >= 11 is 6.39. The van der Waals surface area contributed by atoms with Gasteiger partial charge in [0.15, 0.2) is 0 Å². The van der Waals surface area contributed by atoms with Gasteiger partial charge in [0.2, 0.25) is 29.5 Å². The van der Waals surface area contributed by atoms with E-state index in [1.54, 1.807) is 58.9 Å². The Kier molecular flexibility index (Phi) is 18.2. The number of halogens is 1. The van der Waals surface area contributed by atoms with E-state index >= 15 is 0 Å². The van der Waals surface area contributed by atoms with Gasteiger partial charge in [-0.15, -0.1) is 0 Å². The van der Waals surface area contributed by atoms with E-state index in [9.17, 15) is 33.6 Å². The van der Waals surface area contributed by atoms with Crippen molar-refractivity contribution in [2.24, 2.45) is 22.7 Å². The van der Waals surface area contributed by atoms with Gasteiger partial charge in [0.1, 0.15) is 42.1 Å². The highest BCUT2D eigenvalue weighted by molar-refractivity contribution is 6.32. The number of nitrogens with one attached hydrogen (secondary N) is 6. The summed E-state index contributed by atoms with van der Waals surface area (Å²) < 4.78 is 17.7. The Labute approximate surface area is 392 Å². The smallest absolute Gasteiger partial charge is 0.405 e. The number of carbonyl (C=O) groups is 7. The van der Waals surface area contributed by atoms with Gasteiger partial charge in [-0.25, -0.2) is 9.59 Å². The van der Waals surface area contributed by atoms with Crippen LogP contribution in [0.25, 0.3) is 0 Å². The van der Waals surface area contributed by atoms with Gasteiger partial charge in [-0.1, -0.05) is 89.6 Å². The fourth-order valence-electron chi connectivity index (χ4n) is 7.46. The van der Waals surface area contributed by atoms with Gasteiger partial charge in [0, 0.05) is 31.3 Å². The van der Waals surface area contributed by atoms with Crippen LogP contribution in [0.3, 0.4) is 0 Å². The van der Waals surface area contributed by atoms with Gasteiger partial charge in [-0.3, -0.25) is 24.0 Å². The van der Waals surface area contributed by atoms with E-state index in [0.717, 1.165) is 11.1 Å². The molecule has 66 heavy (non-hydrogen) atoms. The lowest BCUT2D eigenvalue weighted by Crippen LogP contribution is -2.58. The third-order valence-corrected chi connectivity index (χ3v) is 12.3. The molecule has 17 nitrogen and oxygen atoms in total. The van der Waals surface area contributed by atoms with E-state index in [-0.39, 0.29) is 49.9 Å². The van der Waals surface area contributed by atoms with Crippen molar-refractivity contribution in [2.45, 2.75) is 144 Å². The van der Waals surface area contributed by atoms with E-state index in [1.165, 1.54) is 20.1 Å². The summed E-state index contributed by atoms with van der Waals surface area (Å²) in [5, 5.41) is 25.6. The van der Waals surface area contributed by atoms with Crippen molar-refractivity contribution in [1.29, 1.82) is 0 Å². The average molecular weight is 940 g/mol. The summed E-state index contributed by atoms with van der Waals surface area (Å²) in [6, 6.07) is 7.73. The van der Waals surface area contributed by atoms with Crippen LogP contribution in [0.4, 0.5) is 4.79 Å². The summed E-state index contributed by atoms with van der Waals surface area (Å²) in [7, 11) is 1.49. The highest BCUT2D eigenvalue weighted by Gasteiger charge is 2.48. The zero-order valence-electron chi connectivity index (χ0n) is 39.7. The maximum atomic E-state index is 14.1. The van der Waals surface area contributed by atoms with Crippen LogP contribution >= 0.6 is 11.6 Å². The Morgan fingerprint density at radius 1 is 0.924 bits per heavy atom. The molecule has 1 fully saturated rings. The number of epoxide rings is 1. The minimum absolute atomic E-state index is 0.0862. The monoisotopic (exact) mass is 938 g/mol. The van der Waals surface area contributed by atoms with Gasteiger partial charge in [0.25, 0.3) is 0 Å². The standard InChI is InChI=1S/C48H67ClN6O11/c1-25(2)38(55-46(62)63)43(59)51-27(4)41(57)50-24-29-15-18-31(19-16-29)40-39(66-40)26(3)35-13-12-14-37(56)53-33(22-30-17-20-36(64-11)32(49)21-30)42(58)52-28(5)48(9,10)45(61)54-34(44(60)65-35)23-47(6,7)8/h12,14-21,25-28,33-35,38-40,55H,13,22-24H2,1-11H3,(H,50,57)(H,51,59)(H,52,58)(H,53,56)(H,54,61)(H,62,63)/b14-12+/t26?,27?,28?,33-,34+,35+,38?,39-,40-/m1/s1. The first-order chi connectivity index (χ1) is 30.8. The number of methoxy groups -OCH3 is 1. The molecule has 4 rings (SSSR count). The molecule has 362 valence electrons. The Balaban J connectivity index is 1.52. The van der Waals surface area contributed by atoms with Crippen LogP contribution in [0.15, 0.2) is 54.6 Å². The van der Waals surface area contributed by atoms with Crippen molar-refractivity contribution >= 4 is 53.2 Å². The molecule has 9 atom stereocenters. The average Bonchev–Trinajstić information content (AvgIpc) is 4.04. The molecule has 2 aliphatic heterocycles. The van der Waals surface area contributed by atoms with Gasteiger partial charge < -0.3 is 51.2 Å². The van der Waals surface area contributed by atoms with Crippen molar-refractivity contribution < 1.29 is 52.9 Å². The zero-order chi connectivity index (χ0) is 49.3. The first-order valence-corrected chi connectivity index (χ1v) is 22.6. The van der Waals surface area contributed by atoms with E-state index < -0.39 is 88.7 Å². The molecule has 18 heteroatoms. The molecule has 7 N–H and O–H groups in total. The summed E-state index contributed by atoms with van der Waals surface area (Å²) in [6.07, 6.45) is 0.486. The van der Waals surface area contributed by atoms with E-state index in [0.29, 0.717) is 16.3 Å². The maximum absolute atomic E-state index is 14.1. The largest absolute Gasteiger partial charge is 0.495 e. The molecule has 2 aromatic carbocycles. The molecule has 0 saturated carbocycles. The van der Waals surface area contributed by atoms with E-state index in [2.05, 4.69) is 31.9 Å². The highest BCUT2D eigenvalue weighted by atomic mass is 35.5. The zero-order valence-corrected chi connectivity index (χ0v) is 40.5. The number of carbonyl (C=O) groups excluding carboxylic acids is 6. The number of hydrogen-bond donors (Lipinski definition) is 7. The van der Waals surface area contributed by atoms with Crippen molar-refractivity contribution in [3.8, 4) is 5.75 Å². The normalized spacial score (nSPS) is 24.6. The van der Waals surface area contributed by atoms with Crippen molar-refractivity contribution in [3.05, 3.63) is 76.3 Å². The van der Waals surface area contributed by atoms with Crippen molar-refractivity contribution in [2.75, 3.05) is 7.11 Å². The Morgan fingerprint density at radius 3 is 2.17 bits per heavy atom. The Bertz CT molecular complexity index is 2120. The Morgan fingerprint density at radius 2 is 1.58 bits per heavy atom. The lowest BCUT2D eigenvalue weighted by molar-refractivity contribution is -0.157. The molecular formula is C48H67ClN6O11. The van der Waals surface area contributed by atoms with Gasteiger partial charge >= 0.3 is 12.1 Å². The van der Waals surface area contributed by atoms with Crippen LogP contribution in [-0.4, -0.2) is 96.2 Å². The number of ether oxygens (including phenoxy) is 3. The summed E-state index contributed by atoms with van der Waals surface area (Å²) in [5.74, 6) is -3.51. The molecule has 2 aromatic rings. The third kappa shape index (κ3) is 14.9. The molecule has 0 aromatic heterocycles. The minimum Gasteiger partial charge on any atom is -0.495 e. The lowest BCUT2D eigenvalue weighted by Gasteiger charge is -2.35. The fraction of sp³-hybridized carbons (Fsp3) is 0.562. The van der Waals surface area contributed by atoms with E-state index in [1.807, 2.05) is 52.0 Å². The molecule has 4 unspecified atom stereocenters.